The van der Waals surface area contributed by atoms with Crippen molar-refractivity contribution in [1.29, 1.82) is 0 Å². The van der Waals surface area contributed by atoms with E-state index >= 15 is 0 Å². The SMILES string of the molecule is CCOc1cc(NCC(C)(C)C(N)=O)nc(C)n1. The first-order valence-corrected chi connectivity index (χ1v) is 5.87. The third-order valence-electron chi connectivity index (χ3n) is 2.49. The zero-order chi connectivity index (χ0) is 13.8. The number of nitrogens with zero attached hydrogens (tertiary/aromatic N) is 2. The van der Waals surface area contributed by atoms with Crippen LogP contribution in [0.5, 0.6) is 5.88 Å². The minimum absolute atomic E-state index is 0.356. The van der Waals surface area contributed by atoms with E-state index in [1.807, 2.05) is 6.92 Å². The molecule has 0 atom stereocenters. The van der Waals surface area contributed by atoms with Crippen molar-refractivity contribution >= 4 is 11.7 Å². The van der Waals surface area contributed by atoms with Gasteiger partial charge in [-0.25, -0.2) is 4.98 Å². The standard InChI is InChI=1S/C12H20N4O2/c1-5-18-10-6-9(15-8(2)16-10)14-7-12(3,4)11(13)17/h6H,5,7H2,1-4H3,(H2,13,17)(H,14,15,16). The fourth-order valence-electron chi connectivity index (χ4n) is 1.25. The molecule has 100 valence electrons. The van der Waals surface area contributed by atoms with Crippen molar-refractivity contribution < 1.29 is 9.53 Å². The Hall–Kier alpha value is -1.85. The molecule has 0 aliphatic rings. The maximum atomic E-state index is 11.2. The van der Waals surface area contributed by atoms with Crippen LogP contribution < -0.4 is 15.8 Å². The van der Waals surface area contributed by atoms with Gasteiger partial charge in [-0.3, -0.25) is 4.79 Å². The average Bonchev–Trinajstić information content (AvgIpc) is 2.26. The molecule has 0 spiro atoms. The van der Waals surface area contributed by atoms with Gasteiger partial charge in [0.05, 0.1) is 12.0 Å². The molecular formula is C12H20N4O2. The molecule has 1 rings (SSSR count). The number of ether oxygens (including phenoxy) is 1. The highest BCUT2D eigenvalue weighted by molar-refractivity contribution is 5.80. The first-order valence-electron chi connectivity index (χ1n) is 5.87. The molecule has 6 nitrogen and oxygen atoms in total. The van der Waals surface area contributed by atoms with E-state index in [0.717, 1.165) is 0 Å². The third kappa shape index (κ3) is 3.87. The quantitative estimate of drug-likeness (QED) is 0.791. The van der Waals surface area contributed by atoms with Crippen molar-refractivity contribution in [3.05, 3.63) is 11.9 Å². The number of nitrogens with one attached hydrogen (secondary N) is 1. The van der Waals surface area contributed by atoms with Gasteiger partial charge in [0.1, 0.15) is 11.6 Å². The lowest BCUT2D eigenvalue weighted by atomic mass is 9.93. The molecule has 0 aliphatic heterocycles. The van der Waals surface area contributed by atoms with Crippen molar-refractivity contribution in [2.75, 3.05) is 18.5 Å². The summed E-state index contributed by atoms with van der Waals surface area (Å²) in [5.41, 5.74) is 4.67. The molecule has 0 aliphatic carbocycles. The lowest BCUT2D eigenvalue weighted by Gasteiger charge is -2.21. The Morgan fingerprint density at radius 3 is 2.72 bits per heavy atom. The lowest BCUT2D eigenvalue weighted by molar-refractivity contribution is -0.125. The summed E-state index contributed by atoms with van der Waals surface area (Å²) in [5.74, 6) is 1.40. The number of carbonyl (C=O) groups excluding carboxylic acids is 1. The molecule has 0 unspecified atom stereocenters. The van der Waals surface area contributed by atoms with E-state index in [1.54, 1.807) is 26.8 Å². The number of carbonyl (C=O) groups is 1. The van der Waals surface area contributed by atoms with Crippen LogP contribution >= 0.6 is 0 Å². The van der Waals surface area contributed by atoms with E-state index < -0.39 is 5.41 Å². The maximum Gasteiger partial charge on any atom is 0.224 e. The van der Waals surface area contributed by atoms with Crippen LogP contribution in [0.4, 0.5) is 5.82 Å². The molecule has 1 aromatic heterocycles. The molecule has 0 bridgehead atoms. The largest absolute Gasteiger partial charge is 0.478 e. The van der Waals surface area contributed by atoms with Gasteiger partial charge in [-0.15, -0.1) is 0 Å². The van der Waals surface area contributed by atoms with E-state index in [2.05, 4.69) is 15.3 Å². The predicted octanol–water partition coefficient (Wildman–Crippen LogP) is 1.11. The Kier molecular flexibility index (Phi) is 4.47. The Bertz CT molecular complexity index is 432. The van der Waals surface area contributed by atoms with E-state index in [1.165, 1.54) is 0 Å². The van der Waals surface area contributed by atoms with E-state index in [0.29, 0.717) is 30.7 Å². The van der Waals surface area contributed by atoms with Gasteiger partial charge in [0.2, 0.25) is 11.8 Å². The Balaban J connectivity index is 2.76. The molecule has 18 heavy (non-hydrogen) atoms. The van der Waals surface area contributed by atoms with Crippen molar-refractivity contribution in [3.63, 3.8) is 0 Å². The van der Waals surface area contributed by atoms with Crippen molar-refractivity contribution in [1.82, 2.24) is 9.97 Å². The highest BCUT2D eigenvalue weighted by Crippen LogP contribution is 2.17. The van der Waals surface area contributed by atoms with Crippen LogP contribution in [-0.4, -0.2) is 29.0 Å². The molecule has 1 amide bonds. The van der Waals surface area contributed by atoms with Gasteiger partial charge in [0, 0.05) is 12.6 Å². The second kappa shape index (κ2) is 5.66. The van der Waals surface area contributed by atoms with Crippen molar-refractivity contribution in [3.8, 4) is 5.88 Å². The topological polar surface area (TPSA) is 90.1 Å². The summed E-state index contributed by atoms with van der Waals surface area (Å²) in [7, 11) is 0. The van der Waals surface area contributed by atoms with Gasteiger partial charge in [-0.2, -0.15) is 4.98 Å². The smallest absolute Gasteiger partial charge is 0.224 e. The molecule has 0 saturated carbocycles. The van der Waals surface area contributed by atoms with Crippen LogP contribution in [0.2, 0.25) is 0 Å². The highest BCUT2D eigenvalue weighted by Gasteiger charge is 2.24. The number of nitrogens with two attached hydrogens (primary N) is 1. The number of anilines is 1. The molecule has 6 heteroatoms. The second-order valence-corrected chi connectivity index (χ2v) is 4.67. The number of amides is 1. The van der Waals surface area contributed by atoms with Crippen molar-refractivity contribution in [2.45, 2.75) is 27.7 Å². The minimum Gasteiger partial charge on any atom is -0.478 e. The highest BCUT2D eigenvalue weighted by atomic mass is 16.5. The zero-order valence-corrected chi connectivity index (χ0v) is 11.3. The van der Waals surface area contributed by atoms with E-state index in [9.17, 15) is 4.79 Å². The lowest BCUT2D eigenvalue weighted by Crippen LogP contribution is -2.37. The summed E-state index contributed by atoms with van der Waals surface area (Å²) < 4.78 is 5.32. The summed E-state index contributed by atoms with van der Waals surface area (Å²) in [5, 5.41) is 3.07. The summed E-state index contributed by atoms with van der Waals surface area (Å²) in [4.78, 5) is 19.6. The first-order chi connectivity index (χ1) is 8.35. The summed E-state index contributed by atoms with van der Waals surface area (Å²) >= 11 is 0. The summed E-state index contributed by atoms with van der Waals surface area (Å²) in [6.07, 6.45) is 0. The number of aryl methyl sites for hydroxylation is 1. The van der Waals surface area contributed by atoms with Gasteiger partial charge in [-0.05, 0) is 27.7 Å². The summed E-state index contributed by atoms with van der Waals surface area (Å²) in [6, 6.07) is 1.70. The average molecular weight is 252 g/mol. The molecule has 0 fully saturated rings. The number of aromatic nitrogens is 2. The maximum absolute atomic E-state index is 11.2. The van der Waals surface area contributed by atoms with Crippen LogP contribution in [-0.2, 0) is 4.79 Å². The monoisotopic (exact) mass is 252 g/mol. The molecule has 3 N–H and O–H groups in total. The van der Waals surface area contributed by atoms with Crippen LogP contribution in [0.1, 0.15) is 26.6 Å². The fraction of sp³-hybridized carbons (Fsp3) is 0.583. The predicted molar refractivity (Wildman–Crippen MR) is 69.4 cm³/mol. The van der Waals surface area contributed by atoms with Crippen LogP contribution in [0.3, 0.4) is 0 Å². The van der Waals surface area contributed by atoms with Gasteiger partial charge in [0.25, 0.3) is 0 Å². The van der Waals surface area contributed by atoms with Crippen LogP contribution in [0, 0.1) is 12.3 Å². The van der Waals surface area contributed by atoms with Gasteiger partial charge in [0.15, 0.2) is 0 Å². The Morgan fingerprint density at radius 2 is 2.17 bits per heavy atom. The number of primary amides is 1. The van der Waals surface area contributed by atoms with Gasteiger partial charge >= 0.3 is 0 Å². The van der Waals surface area contributed by atoms with Crippen molar-refractivity contribution in [2.24, 2.45) is 11.1 Å². The normalized spacial score (nSPS) is 11.1. The molecular weight excluding hydrogens is 232 g/mol. The molecule has 1 aromatic rings. The molecule has 0 saturated heterocycles. The molecule has 0 aromatic carbocycles. The zero-order valence-electron chi connectivity index (χ0n) is 11.3. The van der Waals surface area contributed by atoms with Gasteiger partial charge in [-0.1, -0.05) is 0 Å². The molecule has 1 heterocycles. The number of hydrogen-bond acceptors (Lipinski definition) is 5. The minimum atomic E-state index is -0.634. The third-order valence-corrected chi connectivity index (χ3v) is 2.49. The van der Waals surface area contributed by atoms with Crippen LogP contribution in [0.25, 0.3) is 0 Å². The first kappa shape index (κ1) is 14.2. The molecule has 0 radical (unpaired) electrons. The Labute approximate surface area is 107 Å². The Morgan fingerprint density at radius 1 is 1.50 bits per heavy atom. The van der Waals surface area contributed by atoms with E-state index in [-0.39, 0.29) is 5.91 Å². The fourth-order valence-corrected chi connectivity index (χ4v) is 1.25. The second-order valence-electron chi connectivity index (χ2n) is 4.67. The van der Waals surface area contributed by atoms with E-state index in [4.69, 9.17) is 10.5 Å². The summed E-state index contributed by atoms with van der Waals surface area (Å²) in [6.45, 7) is 8.18. The number of rotatable bonds is 6. The van der Waals surface area contributed by atoms with Gasteiger partial charge < -0.3 is 15.8 Å². The van der Waals surface area contributed by atoms with Crippen LogP contribution in [0.15, 0.2) is 6.07 Å². The number of hydrogen-bond donors (Lipinski definition) is 2.